The Bertz CT molecular complexity index is 1370. The Labute approximate surface area is 258 Å². The molecule has 2 heterocycles. The van der Waals surface area contributed by atoms with Gasteiger partial charge in [0.2, 0.25) is 0 Å². The summed E-state index contributed by atoms with van der Waals surface area (Å²) in [5.74, 6) is 2.00. The maximum absolute atomic E-state index is 11.5. The largest absolute Gasteiger partial charge is 0.507 e. The molecule has 5 rings (SSSR count). The van der Waals surface area contributed by atoms with Gasteiger partial charge < -0.3 is 10.2 Å². The van der Waals surface area contributed by atoms with Crippen molar-refractivity contribution in [2.45, 2.75) is 96.6 Å². The van der Waals surface area contributed by atoms with Crippen LogP contribution in [0.4, 0.5) is 0 Å². The number of phenols is 2. The molecule has 232 valence electrons. The highest BCUT2D eigenvalue weighted by Gasteiger charge is 2.34. The number of guanidine groups is 1. The first-order valence-corrected chi connectivity index (χ1v) is 16.4. The number of benzene rings is 2. The van der Waals surface area contributed by atoms with Crippen LogP contribution in [0.3, 0.4) is 0 Å². The molecule has 3 aliphatic rings. The first-order chi connectivity index (χ1) is 20.6. The van der Waals surface area contributed by atoms with Gasteiger partial charge in [-0.05, 0) is 67.3 Å². The number of aryl methyl sites for hydroxylation is 2. The Balaban J connectivity index is 1.32. The third-order valence-corrected chi connectivity index (χ3v) is 9.33. The molecule has 2 fully saturated rings. The van der Waals surface area contributed by atoms with Gasteiger partial charge >= 0.3 is 5.96 Å². The number of fused-ring (bicyclic) bond motifs is 1. The predicted octanol–water partition coefficient (Wildman–Crippen LogP) is 5.90. The Morgan fingerprint density at radius 3 is 2.33 bits per heavy atom. The topological polar surface area (TPSA) is 74.7 Å². The fourth-order valence-electron chi connectivity index (χ4n) is 6.83. The van der Waals surface area contributed by atoms with Gasteiger partial charge in [0.15, 0.2) is 0 Å². The van der Waals surface area contributed by atoms with Crippen LogP contribution in [0.1, 0.15) is 93.5 Å². The number of aromatic hydroxyl groups is 2. The number of phenolic OH excluding ortho intramolecular Hbond substituents is 2. The molecule has 0 aromatic heterocycles. The normalized spacial score (nSPS) is 21.7. The first kappa shape index (κ1) is 31.1. The zero-order valence-corrected chi connectivity index (χ0v) is 27.0. The molecule has 2 N–H and O–H groups in total. The molecule has 0 spiro atoms. The smallest absolute Gasteiger partial charge is 0.350 e. The van der Waals surface area contributed by atoms with E-state index in [2.05, 4.69) is 54.3 Å². The Kier molecular flexibility index (Phi) is 9.78. The lowest BCUT2D eigenvalue weighted by atomic mass is 9.84. The van der Waals surface area contributed by atoms with E-state index in [-0.39, 0.29) is 23.2 Å². The van der Waals surface area contributed by atoms with Crippen LogP contribution in [0.15, 0.2) is 40.3 Å². The van der Waals surface area contributed by atoms with Crippen molar-refractivity contribution in [3.05, 3.63) is 58.1 Å². The molecule has 0 amide bonds. The number of aliphatic imine (C=N–C) groups is 2. The number of hydrogen-bond acceptors (Lipinski definition) is 6. The highest BCUT2D eigenvalue weighted by molar-refractivity contribution is 5.85. The third-order valence-electron chi connectivity index (χ3n) is 9.33. The van der Waals surface area contributed by atoms with E-state index in [9.17, 15) is 10.2 Å². The van der Waals surface area contributed by atoms with Crippen LogP contribution in [-0.4, -0.2) is 94.8 Å². The fraction of sp³-hybridized carbons (Fsp3) is 0.583. The third kappa shape index (κ3) is 7.60. The van der Waals surface area contributed by atoms with Crippen LogP contribution in [0.5, 0.6) is 11.5 Å². The van der Waals surface area contributed by atoms with Crippen molar-refractivity contribution < 1.29 is 14.8 Å². The van der Waals surface area contributed by atoms with Gasteiger partial charge in [0.05, 0.1) is 51.9 Å². The molecular weight excluding hydrogens is 534 g/mol. The van der Waals surface area contributed by atoms with Crippen LogP contribution < -0.4 is 0 Å². The molecular formula is C36H52N5O2+. The minimum Gasteiger partial charge on any atom is -0.507 e. The Morgan fingerprint density at radius 2 is 1.60 bits per heavy atom. The summed E-state index contributed by atoms with van der Waals surface area (Å²) in [7, 11) is 2.22. The second-order valence-corrected chi connectivity index (χ2v) is 13.9. The Hall–Kier alpha value is -3.35. The van der Waals surface area contributed by atoms with Crippen LogP contribution in [0.2, 0.25) is 0 Å². The number of rotatable bonds is 8. The zero-order chi connectivity index (χ0) is 30.6. The van der Waals surface area contributed by atoms with Gasteiger partial charge in [0, 0.05) is 36.4 Å². The van der Waals surface area contributed by atoms with Gasteiger partial charge in [0.25, 0.3) is 0 Å². The van der Waals surface area contributed by atoms with Crippen molar-refractivity contribution in [3.63, 3.8) is 0 Å². The number of hydrogen-bond donors (Lipinski definition) is 2. The summed E-state index contributed by atoms with van der Waals surface area (Å²) in [5, 5.41) is 21.7. The fourth-order valence-corrected chi connectivity index (χ4v) is 6.83. The highest BCUT2D eigenvalue weighted by Crippen LogP contribution is 2.32. The van der Waals surface area contributed by atoms with Crippen molar-refractivity contribution in [1.82, 2.24) is 9.80 Å². The van der Waals surface area contributed by atoms with Gasteiger partial charge in [-0.2, -0.15) is 0 Å². The number of nitrogens with zero attached hydrogens (tertiary/aromatic N) is 5. The first-order valence-electron chi connectivity index (χ1n) is 16.4. The minimum absolute atomic E-state index is 0.0352. The lowest BCUT2D eigenvalue weighted by molar-refractivity contribution is -0.515. The summed E-state index contributed by atoms with van der Waals surface area (Å²) in [6.07, 6.45) is 12.2. The van der Waals surface area contributed by atoms with E-state index in [1.54, 1.807) is 6.07 Å². The molecule has 2 aromatic carbocycles. The lowest BCUT2D eigenvalue weighted by Gasteiger charge is -2.36. The maximum Gasteiger partial charge on any atom is 0.350 e. The monoisotopic (exact) mass is 586 g/mol. The molecule has 2 aromatic rings. The van der Waals surface area contributed by atoms with Crippen molar-refractivity contribution in [3.8, 4) is 11.5 Å². The van der Waals surface area contributed by atoms with Crippen molar-refractivity contribution in [1.29, 1.82) is 0 Å². The molecule has 43 heavy (non-hydrogen) atoms. The quantitative estimate of drug-likeness (QED) is 0.299. The average Bonchev–Trinajstić information content (AvgIpc) is 2.98. The van der Waals surface area contributed by atoms with E-state index < -0.39 is 0 Å². The average molecular weight is 587 g/mol. The van der Waals surface area contributed by atoms with E-state index in [1.165, 1.54) is 24.4 Å². The van der Waals surface area contributed by atoms with Crippen molar-refractivity contribution >= 4 is 18.4 Å². The SMILES string of the molecule is Cc1ccc(O)c(C=NC2CCCCC2N=Cc2cc(C(C)(C)C)cc(CCCN3CCCN4CCC[N+](C)=C34)c2O)c1. The summed E-state index contributed by atoms with van der Waals surface area (Å²) < 4.78 is 2.42. The molecule has 7 heteroatoms. The lowest BCUT2D eigenvalue weighted by Crippen LogP contribution is -2.57. The second kappa shape index (κ2) is 13.5. The van der Waals surface area contributed by atoms with Gasteiger partial charge in [-0.15, -0.1) is 0 Å². The van der Waals surface area contributed by atoms with Gasteiger partial charge in [-0.3, -0.25) is 24.4 Å². The van der Waals surface area contributed by atoms with Crippen LogP contribution in [0.25, 0.3) is 0 Å². The van der Waals surface area contributed by atoms with Gasteiger partial charge in [-0.1, -0.05) is 51.3 Å². The standard InChI is InChI=1S/C36H51N5O2/c1-26-14-15-33(42)28(21-26)24-37-31-12-6-7-13-32(31)38-25-29-23-30(36(2,3)4)22-27(34(29)43)11-8-17-40-19-10-20-41-18-9-16-39(5)35(40)41/h14-15,21-25,31-32H,6-13,16-20H2,1-5H3,(H-,37,38,42,43)/p+1. The summed E-state index contributed by atoms with van der Waals surface area (Å²) in [5.41, 5.74) is 4.85. The molecule has 0 bridgehead atoms. The molecule has 0 radical (unpaired) electrons. The van der Waals surface area contributed by atoms with Crippen LogP contribution >= 0.6 is 0 Å². The highest BCUT2D eigenvalue weighted by atomic mass is 16.3. The van der Waals surface area contributed by atoms with Crippen LogP contribution in [0, 0.1) is 6.92 Å². The summed E-state index contributed by atoms with van der Waals surface area (Å²) >= 11 is 0. The molecule has 2 unspecified atom stereocenters. The molecule has 7 nitrogen and oxygen atoms in total. The predicted molar refractivity (Wildman–Crippen MR) is 178 cm³/mol. The summed E-state index contributed by atoms with van der Waals surface area (Å²) in [4.78, 5) is 15.0. The molecule has 1 saturated heterocycles. The molecule has 2 atom stereocenters. The van der Waals surface area contributed by atoms with Gasteiger partial charge in [0.1, 0.15) is 11.5 Å². The van der Waals surface area contributed by atoms with E-state index in [1.807, 2.05) is 31.5 Å². The summed E-state index contributed by atoms with van der Waals surface area (Å²) in [6.45, 7) is 14.3. The maximum atomic E-state index is 11.5. The molecule has 1 aliphatic carbocycles. The zero-order valence-electron chi connectivity index (χ0n) is 27.0. The summed E-state index contributed by atoms with van der Waals surface area (Å²) in [6, 6.07) is 10.0. The van der Waals surface area contributed by atoms with E-state index in [0.29, 0.717) is 5.75 Å². The van der Waals surface area contributed by atoms with E-state index in [0.717, 1.165) is 93.5 Å². The van der Waals surface area contributed by atoms with E-state index in [4.69, 9.17) is 9.98 Å². The minimum atomic E-state index is -0.0352. The van der Waals surface area contributed by atoms with Crippen molar-refractivity contribution in [2.24, 2.45) is 9.98 Å². The Morgan fingerprint density at radius 1 is 0.907 bits per heavy atom. The second-order valence-electron chi connectivity index (χ2n) is 13.9. The molecule has 2 aliphatic heterocycles. The van der Waals surface area contributed by atoms with E-state index >= 15 is 0 Å². The molecule has 1 saturated carbocycles. The van der Waals surface area contributed by atoms with Crippen molar-refractivity contribution in [2.75, 3.05) is 39.8 Å². The van der Waals surface area contributed by atoms with Crippen LogP contribution in [-0.2, 0) is 11.8 Å². The van der Waals surface area contributed by atoms with Gasteiger partial charge in [-0.25, -0.2) is 0 Å².